The van der Waals surface area contributed by atoms with Gasteiger partial charge in [0.25, 0.3) is 11.8 Å². The first-order valence-corrected chi connectivity index (χ1v) is 24.8. The van der Waals surface area contributed by atoms with E-state index in [1.807, 2.05) is 13.8 Å². The second kappa shape index (κ2) is 22.8. The topological polar surface area (TPSA) is 201 Å². The molecule has 0 saturated heterocycles. The third kappa shape index (κ3) is 11.5. The van der Waals surface area contributed by atoms with Gasteiger partial charge in [-0.1, -0.05) is 121 Å². The number of hydrogen-bond donors (Lipinski definition) is 4. The zero-order chi connectivity index (χ0) is 53.6. The average molecular weight is 1090 g/mol. The summed E-state index contributed by atoms with van der Waals surface area (Å²) < 4.78 is 11.1. The van der Waals surface area contributed by atoms with Gasteiger partial charge in [-0.15, -0.1) is 10.2 Å². The number of halogens is 4. The fourth-order valence-electron chi connectivity index (χ4n) is 7.98. The van der Waals surface area contributed by atoms with Crippen molar-refractivity contribution in [1.29, 1.82) is 0 Å². The summed E-state index contributed by atoms with van der Waals surface area (Å²) in [5, 5.41) is 49.2. The standard InChI is InChI=1S/C58H40Cl4N6O8/c1-3-31-23-35(57(73)75-47-17-9-15-45(59)49(47)61)27-39(25-31)65-67-51-41-13-7-5-11-33(41)29-43(53(51)69)55(71)63-37-19-21-38(22-20-37)64-56(72)44-30-34-12-6-8-14-42(34)52(54(44)70)68-66-40-26-32(4-2)24-36(28-40)58(74)76-48-18-10-16-46(60)50(48)62/h5-30,69-70H,3-4H2,1-2H3,(H,63,71)(H,64,72). The van der Waals surface area contributed by atoms with Crippen LogP contribution in [0.1, 0.15) is 66.4 Å². The Morgan fingerprint density at radius 2 is 0.868 bits per heavy atom. The van der Waals surface area contributed by atoms with E-state index in [0.29, 0.717) is 45.8 Å². The third-order valence-electron chi connectivity index (χ3n) is 11.9. The number of nitrogens with zero attached hydrogens (tertiary/aromatic N) is 4. The minimum absolute atomic E-state index is 0.0121. The van der Waals surface area contributed by atoms with Gasteiger partial charge in [-0.3, -0.25) is 9.59 Å². The molecule has 4 N–H and O–H groups in total. The Hall–Kier alpha value is -8.66. The molecule has 9 aromatic carbocycles. The first kappa shape index (κ1) is 52.2. The van der Waals surface area contributed by atoms with Gasteiger partial charge in [-0.25, -0.2) is 9.59 Å². The van der Waals surface area contributed by atoms with Crippen molar-refractivity contribution in [2.24, 2.45) is 20.5 Å². The first-order chi connectivity index (χ1) is 36.7. The average Bonchev–Trinajstić information content (AvgIpc) is 3.42. The number of ether oxygens (including phenoxy) is 2. The van der Waals surface area contributed by atoms with Gasteiger partial charge in [0.05, 0.1) is 43.7 Å². The van der Waals surface area contributed by atoms with E-state index in [4.69, 9.17) is 55.9 Å². The number of nitrogens with one attached hydrogen (secondary N) is 2. The normalized spacial score (nSPS) is 11.3. The molecule has 0 aliphatic rings. The highest BCUT2D eigenvalue weighted by Crippen LogP contribution is 2.42. The molecule has 14 nitrogen and oxygen atoms in total. The Kier molecular flexibility index (Phi) is 15.7. The van der Waals surface area contributed by atoms with Crippen LogP contribution in [0, 0.1) is 0 Å². The van der Waals surface area contributed by atoms with E-state index in [9.17, 15) is 29.4 Å². The predicted molar refractivity (Wildman–Crippen MR) is 296 cm³/mol. The molecule has 9 rings (SSSR count). The van der Waals surface area contributed by atoms with Crippen LogP contribution in [0.4, 0.5) is 34.1 Å². The van der Waals surface area contributed by atoms with Crippen LogP contribution in [0.25, 0.3) is 21.5 Å². The molecule has 0 spiro atoms. The summed E-state index contributed by atoms with van der Waals surface area (Å²) in [4.78, 5) is 54.3. The molecule has 76 heavy (non-hydrogen) atoms. The molecule has 18 heteroatoms. The molecular weight excluding hydrogens is 1050 g/mol. The van der Waals surface area contributed by atoms with Crippen molar-refractivity contribution in [1.82, 2.24) is 0 Å². The van der Waals surface area contributed by atoms with Crippen molar-refractivity contribution >= 4 is 126 Å². The SMILES string of the molecule is CCc1cc(N=Nc2c(O)c(C(=O)Nc3ccc(NC(=O)c4cc5ccccc5c(N=Nc5cc(CC)cc(C(=O)Oc6cccc(Cl)c6Cl)c5)c4O)cc3)cc3ccccc23)cc(C(=O)Oc2cccc(Cl)c2Cl)c1. The highest BCUT2D eigenvalue weighted by Gasteiger charge is 2.22. The van der Waals surface area contributed by atoms with Crippen LogP contribution in [-0.2, 0) is 12.8 Å². The van der Waals surface area contributed by atoms with Crippen molar-refractivity contribution in [3.8, 4) is 23.0 Å². The Bertz CT molecular complexity index is 3620. The van der Waals surface area contributed by atoms with Gasteiger partial charge in [-0.2, -0.15) is 10.2 Å². The maximum absolute atomic E-state index is 13.9. The molecule has 0 atom stereocenters. The largest absolute Gasteiger partial charge is 0.505 e. The number of anilines is 2. The highest BCUT2D eigenvalue weighted by molar-refractivity contribution is 6.43. The van der Waals surface area contributed by atoms with E-state index < -0.39 is 35.3 Å². The quantitative estimate of drug-likeness (QED) is 0.0468. The van der Waals surface area contributed by atoms with Crippen molar-refractivity contribution in [2.45, 2.75) is 26.7 Å². The zero-order valence-corrected chi connectivity index (χ0v) is 43.1. The Labute approximate surface area is 454 Å². The number of carbonyl (C=O) groups is 4. The number of esters is 2. The Balaban J connectivity index is 0.923. The summed E-state index contributed by atoms with van der Waals surface area (Å²) in [6.07, 6.45) is 1.10. The molecule has 0 bridgehead atoms. The van der Waals surface area contributed by atoms with Crippen LogP contribution < -0.4 is 20.1 Å². The lowest BCUT2D eigenvalue weighted by Gasteiger charge is -2.13. The number of benzene rings is 9. The number of aryl methyl sites for hydroxylation is 2. The third-order valence-corrected chi connectivity index (χ3v) is 13.5. The number of azo groups is 2. The summed E-state index contributed by atoms with van der Waals surface area (Å²) in [5.41, 5.74) is 2.88. The van der Waals surface area contributed by atoms with Crippen LogP contribution >= 0.6 is 46.4 Å². The van der Waals surface area contributed by atoms with Gasteiger partial charge in [0, 0.05) is 22.1 Å². The van der Waals surface area contributed by atoms with Crippen LogP contribution in [0.3, 0.4) is 0 Å². The number of aromatic hydroxyl groups is 2. The number of fused-ring (bicyclic) bond motifs is 2. The second-order valence-electron chi connectivity index (χ2n) is 16.9. The van der Waals surface area contributed by atoms with Gasteiger partial charge < -0.3 is 30.3 Å². The fourth-order valence-corrected chi connectivity index (χ4v) is 8.64. The molecule has 0 unspecified atom stereocenters. The molecule has 0 aromatic heterocycles. The number of carbonyl (C=O) groups excluding carboxylic acids is 4. The van der Waals surface area contributed by atoms with E-state index in [0.717, 1.165) is 11.1 Å². The first-order valence-electron chi connectivity index (χ1n) is 23.3. The maximum Gasteiger partial charge on any atom is 0.343 e. The molecular formula is C58H40Cl4N6O8. The maximum atomic E-state index is 13.9. The van der Waals surface area contributed by atoms with E-state index >= 15 is 0 Å². The van der Waals surface area contributed by atoms with E-state index in [2.05, 4.69) is 31.1 Å². The number of phenolic OH excluding ortho intramolecular Hbond substituents is 2. The number of hydrogen-bond acceptors (Lipinski definition) is 12. The number of phenols is 2. The Morgan fingerprint density at radius 3 is 1.26 bits per heavy atom. The van der Waals surface area contributed by atoms with Crippen molar-refractivity contribution in [3.63, 3.8) is 0 Å². The van der Waals surface area contributed by atoms with E-state index in [1.165, 1.54) is 36.4 Å². The molecule has 0 radical (unpaired) electrons. The highest BCUT2D eigenvalue weighted by atomic mass is 35.5. The second-order valence-corrected chi connectivity index (χ2v) is 18.5. The summed E-state index contributed by atoms with van der Waals surface area (Å²) in [5.74, 6) is -3.46. The van der Waals surface area contributed by atoms with E-state index in [-0.39, 0.29) is 76.6 Å². The minimum atomic E-state index is -0.701. The zero-order valence-electron chi connectivity index (χ0n) is 40.1. The van der Waals surface area contributed by atoms with Crippen molar-refractivity contribution in [2.75, 3.05) is 10.6 Å². The smallest absolute Gasteiger partial charge is 0.343 e. The molecule has 378 valence electrons. The van der Waals surface area contributed by atoms with Crippen LogP contribution in [0.2, 0.25) is 20.1 Å². The summed E-state index contributed by atoms with van der Waals surface area (Å²) in [6, 6.07) is 42.4. The van der Waals surface area contributed by atoms with Gasteiger partial charge in [0.1, 0.15) is 21.4 Å². The molecule has 0 aliphatic carbocycles. The number of rotatable bonds is 14. The van der Waals surface area contributed by atoms with Crippen LogP contribution in [0.5, 0.6) is 23.0 Å². The molecule has 9 aromatic rings. The summed E-state index contributed by atoms with van der Waals surface area (Å²) in [6.45, 7) is 3.81. The monoisotopic (exact) mass is 1090 g/mol. The van der Waals surface area contributed by atoms with Crippen LogP contribution in [-0.4, -0.2) is 34.0 Å². The van der Waals surface area contributed by atoms with Gasteiger partial charge in [0.2, 0.25) is 0 Å². The molecule has 0 aliphatic heterocycles. The van der Waals surface area contributed by atoms with Crippen molar-refractivity contribution < 1.29 is 38.9 Å². The lowest BCUT2D eigenvalue weighted by molar-refractivity contribution is 0.0725. The lowest BCUT2D eigenvalue weighted by Crippen LogP contribution is -2.13. The summed E-state index contributed by atoms with van der Waals surface area (Å²) in [7, 11) is 0. The Morgan fingerprint density at radius 1 is 0.474 bits per heavy atom. The molecule has 2 amide bonds. The summed E-state index contributed by atoms with van der Waals surface area (Å²) >= 11 is 24.7. The van der Waals surface area contributed by atoms with Crippen LogP contribution in [0.15, 0.2) is 178 Å². The molecule has 0 saturated carbocycles. The minimum Gasteiger partial charge on any atom is -0.505 e. The molecule has 0 fully saturated rings. The number of amides is 2. The predicted octanol–water partition coefficient (Wildman–Crippen LogP) is 16.9. The van der Waals surface area contributed by atoms with Gasteiger partial charge in [-0.05, 0) is 132 Å². The lowest BCUT2D eigenvalue weighted by atomic mass is 10.0. The van der Waals surface area contributed by atoms with Gasteiger partial charge >= 0.3 is 11.9 Å². The molecule has 0 heterocycles. The fraction of sp³-hybridized carbons (Fsp3) is 0.0690. The van der Waals surface area contributed by atoms with Crippen molar-refractivity contribution in [3.05, 3.63) is 211 Å². The van der Waals surface area contributed by atoms with E-state index in [1.54, 1.807) is 121 Å². The van der Waals surface area contributed by atoms with Gasteiger partial charge in [0.15, 0.2) is 23.0 Å².